The molecule has 154 valence electrons. The largest absolute Gasteiger partial charge is 0.454 e. The summed E-state index contributed by atoms with van der Waals surface area (Å²) in [6.45, 7) is 2.14. The lowest BCUT2D eigenvalue weighted by atomic mass is 10.2. The molecule has 31 heavy (non-hydrogen) atoms. The van der Waals surface area contributed by atoms with Crippen LogP contribution in [0.3, 0.4) is 0 Å². The summed E-state index contributed by atoms with van der Waals surface area (Å²) in [6.07, 6.45) is 3.02. The summed E-state index contributed by atoms with van der Waals surface area (Å²) in [5.41, 5.74) is 3.38. The van der Waals surface area contributed by atoms with Crippen LogP contribution in [0.25, 0.3) is 27.9 Å². The smallest absolute Gasteiger partial charge is 0.231 e. The Hall–Kier alpha value is -4.21. The number of nitrogens with zero attached hydrogens (tertiary/aromatic N) is 5. The first-order valence-corrected chi connectivity index (χ1v) is 9.66. The number of aromatic nitrogens is 6. The molecule has 2 N–H and O–H groups in total. The first kappa shape index (κ1) is 17.6. The molecule has 10 heteroatoms. The number of hydrogen-bond donors (Lipinski definition) is 2. The SMILES string of the molecule is CC(Nc1ncnc2nc[nH]c12)c1nc2ccc(F)cc2n1-c1ccc2c(c1)OCO2. The fourth-order valence-corrected chi connectivity index (χ4v) is 3.80. The van der Waals surface area contributed by atoms with Crippen molar-refractivity contribution in [2.24, 2.45) is 0 Å². The predicted octanol–water partition coefficient (Wildman–Crippen LogP) is 3.73. The molecule has 4 heterocycles. The number of fused-ring (bicyclic) bond motifs is 3. The first-order chi connectivity index (χ1) is 15.2. The standard InChI is InChI=1S/C21H16FN7O2/c1-11(27-20-18-19(24-8-23-18)25-9-26-20)21-28-14-4-2-12(22)6-15(14)29(21)13-3-5-16-17(7-13)31-10-30-16/h2-9,11H,10H2,1H3,(H2,23,24,25,26,27). The molecule has 1 atom stereocenters. The molecule has 1 aliphatic rings. The zero-order valence-corrected chi connectivity index (χ0v) is 16.3. The number of aromatic amines is 1. The van der Waals surface area contributed by atoms with Gasteiger partial charge in [0.05, 0.1) is 29.1 Å². The normalized spacial score (nSPS) is 13.7. The molecule has 0 spiro atoms. The quantitative estimate of drug-likeness (QED) is 0.459. The van der Waals surface area contributed by atoms with Crippen molar-refractivity contribution in [1.82, 2.24) is 29.5 Å². The molecule has 0 radical (unpaired) electrons. The number of rotatable bonds is 4. The predicted molar refractivity (Wildman–Crippen MR) is 111 cm³/mol. The maximum absolute atomic E-state index is 14.1. The number of halogens is 1. The Kier molecular flexibility index (Phi) is 3.79. The molecular weight excluding hydrogens is 401 g/mol. The molecule has 9 nitrogen and oxygen atoms in total. The van der Waals surface area contributed by atoms with Gasteiger partial charge in [0, 0.05) is 12.1 Å². The van der Waals surface area contributed by atoms with Gasteiger partial charge < -0.3 is 19.8 Å². The van der Waals surface area contributed by atoms with E-state index in [0.29, 0.717) is 45.3 Å². The van der Waals surface area contributed by atoms with E-state index in [1.165, 1.54) is 18.5 Å². The Labute approximate surface area is 174 Å². The Morgan fingerprint density at radius 1 is 1.10 bits per heavy atom. The fourth-order valence-electron chi connectivity index (χ4n) is 3.80. The van der Waals surface area contributed by atoms with Crippen LogP contribution in [0.5, 0.6) is 11.5 Å². The maximum atomic E-state index is 14.1. The highest BCUT2D eigenvalue weighted by molar-refractivity contribution is 5.82. The summed E-state index contributed by atoms with van der Waals surface area (Å²) in [7, 11) is 0. The van der Waals surface area contributed by atoms with E-state index in [0.717, 1.165) is 5.69 Å². The summed E-state index contributed by atoms with van der Waals surface area (Å²) < 4.78 is 27.0. The summed E-state index contributed by atoms with van der Waals surface area (Å²) in [5, 5.41) is 3.37. The van der Waals surface area contributed by atoms with Gasteiger partial charge in [-0.05, 0) is 31.2 Å². The molecule has 1 aliphatic heterocycles. The highest BCUT2D eigenvalue weighted by Crippen LogP contribution is 2.36. The third kappa shape index (κ3) is 2.83. The topological polar surface area (TPSA) is 103 Å². The number of H-pyrrole nitrogens is 1. The van der Waals surface area contributed by atoms with Crippen LogP contribution < -0.4 is 14.8 Å². The van der Waals surface area contributed by atoms with Crippen LogP contribution >= 0.6 is 0 Å². The third-order valence-corrected chi connectivity index (χ3v) is 5.22. The molecule has 1 unspecified atom stereocenters. The highest BCUT2D eigenvalue weighted by Gasteiger charge is 2.22. The van der Waals surface area contributed by atoms with Crippen LogP contribution in [-0.2, 0) is 0 Å². The van der Waals surface area contributed by atoms with Crippen LogP contribution in [0.2, 0.25) is 0 Å². The number of benzene rings is 2. The third-order valence-electron chi connectivity index (χ3n) is 5.22. The number of hydrogen-bond acceptors (Lipinski definition) is 7. The lowest BCUT2D eigenvalue weighted by Gasteiger charge is -2.17. The molecule has 3 aromatic heterocycles. The Balaban J connectivity index is 1.49. The van der Waals surface area contributed by atoms with E-state index >= 15 is 0 Å². The lowest BCUT2D eigenvalue weighted by Crippen LogP contribution is -2.14. The fraction of sp³-hybridized carbons (Fsp3) is 0.143. The molecule has 0 bridgehead atoms. The van der Waals surface area contributed by atoms with Gasteiger partial charge in [-0.3, -0.25) is 4.57 Å². The van der Waals surface area contributed by atoms with Gasteiger partial charge in [0.25, 0.3) is 0 Å². The van der Waals surface area contributed by atoms with Crippen molar-refractivity contribution in [3.05, 3.63) is 60.7 Å². The molecule has 0 fully saturated rings. The molecular formula is C21H16FN7O2. The molecule has 0 saturated heterocycles. The number of anilines is 1. The van der Waals surface area contributed by atoms with Crippen LogP contribution in [0.4, 0.5) is 10.2 Å². The zero-order chi connectivity index (χ0) is 20.9. The van der Waals surface area contributed by atoms with E-state index in [1.54, 1.807) is 12.4 Å². The monoisotopic (exact) mass is 417 g/mol. The average Bonchev–Trinajstić information content (AvgIpc) is 3.50. The van der Waals surface area contributed by atoms with Crippen molar-refractivity contribution in [2.75, 3.05) is 12.1 Å². The van der Waals surface area contributed by atoms with Crippen LogP contribution in [0, 0.1) is 5.82 Å². The minimum atomic E-state index is -0.337. The molecule has 0 saturated carbocycles. The highest BCUT2D eigenvalue weighted by atomic mass is 19.1. The second-order valence-electron chi connectivity index (χ2n) is 7.17. The van der Waals surface area contributed by atoms with Gasteiger partial charge >= 0.3 is 0 Å². The molecule has 5 aromatic rings. The molecule has 0 aliphatic carbocycles. The summed E-state index contributed by atoms with van der Waals surface area (Å²) in [4.78, 5) is 20.5. The maximum Gasteiger partial charge on any atom is 0.231 e. The van der Waals surface area contributed by atoms with E-state index < -0.39 is 0 Å². The minimum absolute atomic E-state index is 0.177. The van der Waals surface area contributed by atoms with Gasteiger partial charge in [-0.2, -0.15) is 0 Å². The van der Waals surface area contributed by atoms with Crippen molar-refractivity contribution in [3.8, 4) is 17.2 Å². The van der Waals surface area contributed by atoms with Gasteiger partial charge in [0.1, 0.15) is 23.5 Å². The van der Waals surface area contributed by atoms with Crippen LogP contribution in [-0.4, -0.2) is 36.3 Å². The minimum Gasteiger partial charge on any atom is -0.454 e. The number of imidazole rings is 2. The van der Waals surface area contributed by atoms with Crippen LogP contribution in [0.15, 0.2) is 49.1 Å². The number of ether oxygens (including phenoxy) is 2. The van der Waals surface area contributed by atoms with E-state index in [2.05, 4.69) is 25.3 Å². The van der Waals surface area contributed by atoms with Gasteiger partial charge in [0.15, 0.2) is 23.0 Å². The number of nitrogens with one attached hydrogen (secondary N) is 2. The average molecular weight is 417 g/mol. The molecule has 2 aromatic carbocycles. The van der Waals surface area contributed by atoms with Gasteiger partial charge in [-0.25, -0.2) is 24.3 Å². The molecule has 6 rings (SSSR count). The van der Waals surface area contributed by atoms with Crippen molar-refractivity contribution in [3.63, 3.8) is 0 Å². The Morgan fingerprint density at radius 2 is 2.00 bits per heavy atom. The Bertz CT molecular complexity index is 1440. The second kappa shape index (κ2) is 6.66. The van der Waals surface area contributed by atoms with Crippen molar-refractivity contribution in [1.29, 1.82) is 0 Å². The van der Waals surface area contributed by atoms with Crippen molar-refractivity contribution in [2.45, 2.75) is 13.0 Å². The zero-order valence-electron chi connectivity index (χ0n) is 16.3. The van der Waals surface area contributed by atoms with Gasteiger partial charge in [-0.1, -0.05) is 0 Å². The Morgan fingerprint density at radius 3 is 2.94 bits per heavy atom. The van der Waals surface area contributed by atoms with Crippen LogP contribution in [0.1, 0.15) is 18.8 Å². The lowest BCUT2D eigenvalue weighted by molar-refractivity contribution is 0.174. The van der Waals surface area contributed by atoms with Gasteiger partial charge in [0.2, 0.25) is 6.79 Å². The summed E-state index contributed by atoms with van der Waals surface area (Å²) in [5.74, 6) is 2.26. The first-order valence-electron chi connectivity index (χ1n) is 9.66. The summed E-state index contributed by atoms with van der Waals surface area (Å²) in [6, 6.07) is 9.87. The summed E-state index contributed by atoms with van der Waals surface area (Å²) >= 11 is 0. The van der Waals surface area contributed by atoms with Gasteiger partial charge in [-0.15, -0.1) is 0 Å². The van der Waals surface area contributed by atoms with E-state index in [9.17, 15) is 4.39 Å². The van der Waals surface area contributed by atoms with E-state index in [4.69, 9.17) is 14.5 Å². The van der Waals surface area contributed by atoms with Crippen molar-refractivity contribution < 1.29 is 13.9 Å². The molecule has 0 amide bonds. The van der Waals surface area contributed by atoms with E-state index in [1.807, 2.05) is 29.7 Å². The van der Waals surface area contributed by atoms with Crippen molar-refractivity contribution >= 4 is 28.0 Å². The van der Waals surface area contributed by atoms with E-state index in [-0.39, 0.29) is 18.7 Å². The second-order valence-corrected chi connectivity index (χ2v) is 7.17.